The normalized spacial score (nSPS) is 10.5. The number of hydrogen-bond donors (Lipinski definition) is 2. The summed E-state index contributed by atoms with van der Waals surface area (Å²) in [5.41, 5.74) is -0.208. The molecule has 2 N–H and O–H groups in total. The van der Waals surface area contributed by atoms with Gasteiger partial charge in [0.1, 0.15) is 10.7 Å². The molecule has 0 saturated heterocycles. The highest BCUT2D eigenvalue weighted by Crippen LogP contribution is 2.28. The van der Waals surface area contributed by atoms with Gasteiger partial charge >= 0.3 is 5.97 Å². The van der Waals surface area contributed by atoms with E-state index in [4.69, 9.17) is 5.11 Å². The minimum atomic E-state index is -1.34. The van der Waals surface area contributed by atoms with Crippen LogP contribution in [-0.2, 0) is 0 Å². The summed E-state index contributed by atoms with van der Waals surface area (Å²) >= 11 is 0.750. The van der Waals surface area contributed by atoms with Gasteiger partial charge in [0.2, 0.25) is 0 Å². The van der Waals surface area contributed by atoms with E-state index in [-0.39, 0.29) is 15.7 Å². The maximum atomic E-state index is 13.4. The molecule has 4 nitrogen and oxygen atoms in total. The second kappa shape index (κ2) is 4.88. The van der Waals surface area contributed by atoms with E-state index < -0.39 is 29.1 Å². The van der Waals surface area contributed by atoms with E-state index in [0.29, 0.717) is 6.07 Å². The first-order valence-electron chi connectivity index (χ1n) is 5.00. The third-order valence-electron chi connectivity index (χ3n) is 2.23. The summed E-state index contributed by atoms with van der Waals surface area (Å²) < 4.78 is 39.3. The molecular formula is C11H7F3N2O2S. The minimum absolute atomic E-state index is 0.0280. The Kier molecular flexibility index (Phi) is 3.43. The maximum Gasteiger partial charge on any atom is 0.347 e. The first-order valence-corrected chi connectivity index (χ1v) is 5.82. The molecule has 8 heteroatoms. The van der Waals surface area contributed by atoms with Gasteiger partial charge < -0.3 is 10.4 Å². The minimum Gasteiger partial charge on any atom is -0.477 e. The highest BCUT2D eigenvalue weighted by molar-refractivity contribution is 7.17. The molecule has 0 fully saturated rings. The van der Waals surface area contributed by atoms with Gasteiger partial charge in [-0.05, 0) is 6.92 Å². The summed E-state index contributed by atoms with van der Waals surface area (Å²) in [7, 11) is 0. The Morgan fingerprint density at radius 2 is 2.05 bits per heavy atom. The highest BCUT2D eigenvalue weighted by atomic mass is 32.1. The van der Waals surface area contributed by atoms with E-state index in [1.54, 1.807) is 0 Å². The first kappa shape index (κ1) is 13.3. The fraction of sp³-hybridized carbons (Fsp3) is 0.0909. The Bertz CT molecular complexity index is 658. The zero-order valence-corrected chi connectivity index (χ0v) is 10.3. The van der Waals surface area contributed by atoms with E-state index in [0.717, 1.165) is 17.4 Å². The zero-order valence-electron chi connectivity index (χ0n) is 9.50. The van der Waals surface area contributed by atoms with Crippen molar-refractivity contribution in [3.05, 3.63) is 40.2 Å². The topological polar surface area (TPSA) is 62.2 Å². The van der Waals surface area contributed by atoms with Gasteiger partial charge in [0.25, 0.3) is 0 Å². The van der Waals surface area contributed by atoms with Crippen LogP contribution in [0.2, 0.25) is 0 Å². The molecule has 0 unspecified atom stereocenters. The van der Waals surface area contributed by atoms with E-state index in [1.807, 2.05) is 0 Å². The van der Waals surface area contributed by atoms with Gasteiger partial charge in [0.05, 0.1) is 11.4 Å². The second-order valence-corrected chi connectivity index (χ2v) is 4.61. The van der Waals surface area contributed by atoms with Crippen LogP contribution in [0.5, 0.6) is 0 Å². The quantitative estimate of drug-likeness (QED) is 0.851. The summed E-state index contributed by atoms with van der Waals surface area (Å²) in [6.45, 7) is 1.47. The van der Waals surface area contributed by atoms with Crippen molar-refractivity contribution in [2.45, 2.75) is 6.92 Å². The lowest BCUT2D eigenvalue weighted by atomic mass is 10.3. The largest absolute Gasteiger partial charge is 0.477 e. The monoisotopic (exact) mass is 288 g/mol. The number of thiazole rings is 1. The molecule has 2 rings (SSSR count). The van der Waals surface area contributed by atoms with Crippen molar-refractivity contribution >= 4 is 28.1 Å². The predicted octanol–water partition coefficient (Wildman–Crippen LogP) is 3.31. The highest BCUT2D eigenvalue weighted by Gasteiger charge is 2.16. The molecule has 1 aromatic heterocycles. The van der Waals surface area contributed by atoms with Gasteiger partial charge in [0, 0.05) is 12.1 Å². The van der Waals surface area contributed by atoms with E-state index in [2.05, 4.69) is 10.3 Å². The van der Waals surface area contributed by atoms with E-state index in [1.165, 1.54) is 6.92 Å². The number of aryl methyl sites for hydroxylation is 1. The van der Waals surface area contributed by atoms with Crippen LogP contribution in [0.15, 0.2) is 12.1 Å². The van der Waals surface area contributed by atoms with Gasteiger partial charge in [-0.25, -0.2) is 22.9 Å². The average molecular weight is 288 g/mol. The molecule has 0 aliphatic heterocycles. The van der Waals surface area contributed by atoms with Crippen LogP contribution in [0.3, 0.4) is 0 Å². The Morgan fingerprint density at radius 1 is 1.37 bits per heavy atom. The lowest BCUT2D eigenvalue weighted by Crippen LogP contribution is -1.97. The van der Waals surface area contributed by atoms with E-state index >= 15 is 0 Å². The summed E-state index contributed by atoms with van der Waals surface area (Å²) in [6, 6.07) is 1.17. The molecule has 0 aliphatic rings. The summed E-state index contributed by atoms with van der Waals surface area (Å²) in [5, 5.41) is 11.2. The second-order valence-electron chi connectivity index (χ2n) is 3.61. The number of aromatic nitrogens is 1. The van der Waals surface area contributed by atoms with Gasteiger partial charge in [-0.1, -0.05) is 11.3 Å². The van der Waals surface area contributed by atoms with Crippen molar-refractivity contribution in [2.24, 2.45) is 0 Å². The maximum absolute atomic E-state index is 13.4. The number of nitrogens with zero attached hydrogens (tertiary/aromatic N) is 1. The number of carboxylic acids is 1. The Labute approximate surface area is 109 Å². The lowest BCUT2D eigenvalue weighted by Gasteiger charge is -2.04. The van der Waals surface area contributed by atoms with Crippen LogP contribution in [0.4, 0.5) is 24.0 Å². The third-order valence-corrected chi connectivity index (χ3v) is 3.29. The lowest BCUT2D eigenvalue weighted by molar-refractivity contribution is 0.0701. The van der Waals surface area contributed by atoms with Crippen molar-refractivity contribution in [2.75, 3.05) is 5.32 Å². The third kappa shape index (κ3) is 2.68. The van der Waals surface area contributed by atoms with Crippen LogP contribution < -0.4 is 5.32 Å². The number of benzene rings is 1. The number of hydrogen-bond acceptors (Lipinski definition) is 4. The first-order chi connectivity index (χ1) is 8.88. The molecular weight excluding hydrogens is 281 g/mol. The number of nitrogens with one attached hydrogen (secondary N) is 1. The molecule has 0 amide bonds. The fourth-order valence-corrected chi connectivity index (χ4v) is 2.23. The standard InChI is InChI=1S/C11H7F3N2O2S/c1-4-9(10(17)18)19-11(15-4)16-7-3-5(12)2-6(13)8(7)14/h2-3H,1H3,(H,15,16)(H,17,18). The van der Waals surface area contributed by atoms with Crippen molar-refractivity contribution < 1.29 is 23.1 Å². The molecule has 0 atom stereocenters. The average Bonchev–Trinajstić information content (AvgIpc) is 2.66. The molecule has 0 bridgehead atoms. The van der Waals surface area contributed by atoms with Gasteiger partial charge in [-0.15, -0.1) is 0 Å². The van der Waals surface area contributed by atoms with Gasteiger partial charge in [-0.2, -0.15) is 0 Å². The molecule has 100 valence electrons. The number of halogens is 3. The van der Waals surface area contributed by atoms with Crippen molar-refractivity contribution in [3.63, 3.8) is 0 Å². The van der Waals surface area contributed by atoms with E-state index in [9.17, 15) is 18.0 Å². The number of anilines is 2. The smallest absolute Gasteiger partial charge is 0.347 e. The molecule has 1 heterocycles. The van der Waals surface area contributed by atoms with Crippen LogP contribution in [-0.4, -0.2) is 16.1 Å². The number of aromatic carboxylic acids is 1. The molecule has 19 heavy (non-hydrogen) atoms. The molecule has 0 aliphatic carbocycles. The van der Waals surface area contributed by atoms with Crippen molar-refractivity contribution in [1.82, 2.24) is 4.98 Å². The summed E-state index contributed by atoms with van der Waals surface area (Å²) in [6.07, 6.45) is 0. The Balaban J connectivity index is 2.36. The molecule has 0 saturated carbocycles. The van der Waals surface area contributed by atoms with Crippen LogP contribution in [0.25, 0.3) is 0 Å². The zero-order chi connectivity index (χ0) is 14.2. The summed E-state index contributed by atoms with van der Waals surface area (Å²) in [4.78, 5) is 14.6. The number of carboxylic acid groups (broad SMARTS) is 1. The Morgan fingerprint density at radius 3 is 2.63 bits per heavy atom. The predicted molar refractivity (Wildman–Crippen MR) is 63.4 cm³/mol. The Hall–Kier alpha value is -2.09. The van der Waals surface area contributed by atoms with Gasteiger partial charge in [0.15, 0.2) is 16.8 Å². The van der Waals surface area contributed by atoms with Crippen molar-refractivity contribution in [3.8, 4) is 0 Å². The fourth-order valence-electron chi connectivity index (χ4n) is 1.41. The van der Waals surface area contributed by atoms with Crippen LogP contribution >= 0.6 is 11.3 Å². The van der Waals surface area contributed by atoms with Crippen LogP contribution in [0.1, 0.15) is 15.4 Å². The number of carbonyl (C=O) groups is 1. The number of rotatable bonds is 3. The van der Waals surface area contributed by atoms with Gasteiger partial charge in [-0.3, -0.25) is 0 Å². The molecule has 0 spiro atoms. The molecule has 0 radical (unpaired) electrons. The molecule has 2 aromatic rings. The van der Waals surface area contributed by atoms with Crippen molar-refractivity contribution in [1.29, 1.82) is 0 Å². The van der Waals surface area contributed by atoms with Crippen LogP contribution in [0, 0.1) is 24.4 Å². The SMILES string of the molecule is Cc1nc(Nc2cc(F)cc(F)c2F)sc1C(=O)O. The summed E-state index contributed by atoms with van der Waals surface area (Å²) in [5.74, 6) is -4.72. The molecule has 1 aromatic carbocycles.